The molecule has 1 aromatic rings. The summed E-state index contributed by atoms with van der Waals surface area (Å²) in [5, 5.41) is 6.45. The van der Waals surface area contributed by atoms with Gasteiger partial charge in [0.05, 0.1) is 6.04 Å². The van der Waals surface area contributed by atoms with Crippen molar-refractivity contribution in [1.29, 1.82) is 0 Å². The minimum absolute atomic E-state index is 0.0400. The van der Waals surface area contributed by atoms with Crippen molar-refractivity contribution in [3.05, 3.63) is 35.9 Å². The molecule has 2 aliphatic heterocycles. The number of rotatable bonds is 4. The molecular weight excluding hydrogens is 250 g/mol. The van der Waals surface area contributed by atoms with Gasteiger partial charge in [0.25, 0.3) is 0 Å². The molecule has 4 nitrogen and oxygen atoms in total. The molecular formula is C16H23N3O. The molecule has 0 bridgehead atoms. The lowest BCUT2D eigenvalue weighted by Gasteiger charge is -2.18. The molecule has 2 unspecified atom stereocenters. The largest absolute Gasteiger partial charge is 0.351 e. The van der Waals surface area contributed by atoms with E-state index in [1.807, 2.05) is 6.07 Å². The number of hydrogen-bond donors (Lipinski definition) is 2. The Morgan fingerprint density at radius 3 is 2.90 bits per heavy atom. The highest BCUT2D eigenvalue weighted by Gasteiger charge is 2.28. The Hall–Kier alpha value is -1.39. The van der Waals surface area contributed by atoms with Crippen LogP contribution < -0.4 is 10.6 Å². The number of nitrogens with zero attached hydrogens (tertiary/aromatic N) is 1. The maximum Gasteiger partial charge on any atom is 0.237 e. The van der Waals surface area contributed by atoms with Crippen LogP contribution in [0.15, 0.2) is 30.3 Å². The lowest BCUT2D eigenvalue weighted by Crippen LogP contribution is -2.46. The number of benzene rings is 1. The van der Waals surface area contributed by atoms with E-state index in [1.165, 1.54) is 5.56 Å². The van der Waals surface area contributed by atoms with Crippen LogP contribution in [0.4, 0.5) is 0 Å². The van der Waals surface area contributed by atoms with E-state index < -0.39 is 0 Å². The Kier molecular flexibility index (Phi) is 4.33. The Labute approximate surface area is 120 Å². The zero-order valence-corrected chi connectivity index (χ0v) is 11.8. The van der Waals surface area contributed by atoms with Crippen molar-refractivity contribution in [3.63, 3.8) is 0 Å². The third-order valence-corrected chi connectivity index (χ3v) is 4.24. The molecule has 0 radical (unpaired) electrons. The van der Waals surface area contributed by atoms with Gasteiger partial charge in [-0.1, -0.05) is 30.3 Å². The van der Waals surface area contributed by atoms with Crippen LogP contribution in [-0.2, 0) is 11.3 Å². The number of amides is 1. The van der Waals surface area contributed by atoms with Crippen LogP contribution in [0, 0.1) is 0 Å². The number of carbonyl (C=O) groups excluding carboxylic acids is 1. The normalized spacial score (nSPS) is 26.8. The summed E-state index contributed by atoms with van der Waals surface area (Å²) >= 11 is 0. The van der Waals surface area contributed by atoms with Gasteiger partial charge in [-0.2, -0.15) is 0 Å². The number of nitrogens with one attached hydrogen (secondary N) is 2. The number of carbonyl (C=O) groups is 1. The molecule has 0 spiro atoms. The molecule has 1 aromatic carbocycles. The van der Waals surface area contributed by atoms with Gasteiger partial charge in [-0.25, -0.2) is 0 Å². The van der Waals surface area contributed by atoms with Gasteiger partial charge in [0, 0.05) is 25.7 Å². The molecule has 2 aliphatic rings. The van der Waals surface area contributed by atoms with Gasteiger partial charge in [-0.15, -0.1) is 0 Å². The topological polar surface area (TPSA) is 44.4 Å². The van der Waals surface area contributed by atoms with Crippen LogP contribution in [-0.4, -0.2) is 42.5 Å². The van der Waals surface area contributed by atoms with Gasteiger partial charge in [0.1, 0.15) is 0 Å². The molecule has 2 saturated heterocycles. The van der Waals surface area contributed by atoms with Gasteiger partial charge < -0.3 is 10.6 Å². The maximum atomic E-state index is 12.1. The minimum atomic E-state index is 0.0400. The van der Waals surface area contributed by atoms with E-state index in [9.17, 15) is 4.79 Å². The average Bonchev–Trinajstić information content (AvgIpc) is 3.11. The molecule has 3 rings (SSSR count). The van der Waals surface area contributed by atoms with Crippen molar-refractivity contribution < 1.29 is 4.79 Å². The minimum Gasteiger partial charge on any atom is -0.351 e. The molecule has 2 heterocycles. The van der Waals surface area contributed by atoms with Crippen LogP contribution in [0.5, 0.6) is 0 Å². The van der Waals surface area contributed by atoms with E-state index >= 15 is 0 Å². The molecule has 1 amide bonds. The lowest BCUT2D eigenvalue weighted by atomic mass is 10.2. The number of likely N-dealkylation sites (tertiary alicyclic amines) is 1. The molecule has 2 atom stereocenters. The first-order chi connectivity index (χ1) is 9.81. The van der Waals surface area contributed by atoms with Crippen molar-refractivity contribution in [2.75, 3.05) is 19.6 Å². The summed E-state index contributed by atoms with van der Waals surface area (Å²) in [4.78, 5) is 14.5. The molecule has 20 heavy (non-hydrogen) atoms. The van der Waals surface area contributed by atoms with Crippen molar-refractivity contribution in [2.45, 2.75) is 37.9 Å². The smallest absolute Gasteiger partial charge is 0.237 e. The summed E-state index contributed by atoms with van der Waals surface area (Å²) in [6, 6.07) is 10.9. The molecule has 108 valence electrons. The Bertz CT molecular complexity index is 442. The Morgan fingerprint density at radius 1 is 1.30 bits per heavy atom. The standard InChI is InChI=1S/C16H23N3O/c20-16(15-7-4-9-17-15)18-14-8-10-19(12-14)11-13-5-2-1-3-6-13/h1-3,5-6,14-15,17H,4,7-12H2,(H,18,20). The van der Waals surface area contributed by atoms with Gasteiger partial charge in [0.2, 0.25) is 5.91 Å². The van der Waals surface area contributed by atoms with Crippen LogP contribution in [0.1, 0.15) is 24.8 Å². The van der Waals surface area contributed by atoms with E-state index in [1.54, 1.807) is 0 Å². The predicted molar refractivity (Wildman–Crippen MR) is 79.3 cm³/mol. The number of hydrogen-bond acceptors (Lipinski definition) is 3. The van der Waals surface area contributed by atoms with Crippen LogP contribution >= 0.6 is 0 Å². The second kappa shape index (κ2) is 6.37. The zero-order chi connectivity index (χ0) is 13.8. The zero-order valence-electron chi connectivity index (χ0n) is 11.8. The molecule has 2 N–H and O–H groups in total. The highest BCUT2D eigenvalue weighted by Crippen LogP contribution is 2.14. The second-order valence-electron chi connectivity index (χ2n) is 5.86. The summed E-state index contributed by atoms with van der Waals surface area (Å²) in [5.74, 6) is 0.189. The molecule has 0 saturated carbocycles. The third kappa shape index (κ3) is 3.38. The van der Waals surface area contributed by atoms with Gasteiger partial charge in [-0.3, -0.25) is 9.69 Å². The highest BCUT2D eigenvalue weighted by atomic mass is 16.2. The van der Waals surface area contributed by atoms with Crippen LogP contribution in [0.3, 0.4) is 0 Å². The quantitative estimate of drug-likeness (QED) is 0.864. The first-order valence-electron chi connectivity index (χ1n) is 7.61. The first-order valence-corrected chi connectivity index (χ1v) is 7.61. The molecule has 4 heteroatoms. The van der Waals surface area contributed by atoms with E-state index in [-0.39, 0.29) is 11.9 Å². The predicted octanol–water partition coefficient (Wildman–Crippen LogP) is 1.13. The van der Waals surface area contributed by atoms with Crippen molar-refractivity contribution in [2.24, 2.45) is 0 Å². The highest BCUT2D eigenvalue weighted by molar-refractivity contribution is 5.82. The fraction of sp³-hybridized carbons (Fsp3) is 0.562. The van der Waals surface area contributed by atoms with Crippen LogP contribution in [0.25, 0.3) is 0 Å². The fourth-order valence-electron chi connectivity index (χ4n) is 3.15. The molecule has 0 aliphatic carbocycles. The van der Waals surface area contributed by atoms with Gasteiger partial charge >= 0.3 is 0 Å². The van der Waals surface area contributed by atoms with Crippen molar-refractivity contribution in [3.8, 4) is 0 Å². The first kappa shape index (κ1) is 13.6. The van der Waals surface area contributed by atoms with E-state index in [2.05, 4.69) is 39.8 Å². The van der Waals surface area contributed by atoms with Crippen molar-refractivity contribution >= 4 is 5.91 Å². The summed E-state index contributed by atoms with van der Waals surface area (Å²) in [6.07, 6.45) is 3.15. The summed E-state index contributed by atoms with van der Waals surface area (Å²) in [7, 11) is 0. The van der Waals surface area contributed by atoms with E-state index in [0.717, 1.165) is 45.4 Å². The second-order valence-corrected chi connectivity index (χ2v) is 5.86. The fourth-order valence-corrected chi connectivity index (χ4v) is 3.15. The summed E-state index contributed by atoms with van der Waals surface area (Å²) in [5.41, 5.74) is 1.34. The Balaban J connectivity index is 1.46. The summed E-state index contributed by atoms with van der Waals surface area (Å²) < 4.78 is 0. The summed E-state index contributed by atoms with van der Waals surface area (Å²) in [6.45, 7) is 3.99. The van der Waals surface area contributed by atoms with E-state index in [0.29, 0.717) is 6.04 Å². The third-order valence-electron chi connectivity index (χ3n) is 4.24. The van der Waals surface area contributed by atoms with Gasteiger partial charge in [0.15, 0.2) is 0 Å². The average molecular weight is 273 g/mol. The SMILES string of the molecule is O=C(NC1CCN(Cc2ccccc2)C1)C1CCCN1. The van der Waals surface area contributed by atoms with Crippen molar-refractivity contribution in [1.82, 2.24) is 15.5 Å². The molecule has 0 aromatic heterocycles. The Morgan fingerprint density at radius 2 is 2.15 bits per heavy atom. The maximum absolute atomic E-state index is 12.1. The monoisotopic (exact) mass is 273 g/mol. The van der Waals surface area contributed by atoms with E-state index in [4.69, 9.17) is 0 Å². The molecule has 2 fully saturated rings. The van der Waals surface area contributed by atoms with Crippen LogP contribution in [0.2, 0.25) is 0 Å². The van der Waals surface area contributed by atoms with Gasteiger partial charge in [-0.05, 0) is 31.4 Å². The lowest BCUT2D eigenvalue weighted by molar-refractivity contribution is -0.123.